The van der Waals surface area contributed by atoms with Gasteiger partial charge in [-0.2, -0.15) is 13.2 Å². The van der Waals surface area contributed by atoms with Gasteiger partial charge in [0.05, 0.1) is 4.88 Å². The average molecular weight is 308 g/mol. The Labute approximate surface area is 120 Å². The molecule has 20 heavy (non-hydrogen) atoms. The molecule has 0 aliphatic heterocycles. The minimum Gasteiger partial charge on any atom is -0.374 e. The van der Waals surface area contributed by atoms with Gasteiger partial charge >= 0.3 is 6.18 Å². The minimum atomic E-state index is -4.40. The molecule has 1 fully saturated rings. The van der Waals surface area contributed by atoms with Crippen LogP contribution in [0.1, 0.15) is 54.3 Å². The van der Waals surface area contributed by atoms with Gasteiger partial charge in [-0.1, -0.05) is 13.3 Å². The molecule has 7 heteroatoms. The Morgan fingerprint density at radius 3 is 2.65 bits per heavy atom. The van der Waals surface area contributed by atoms with Gasteiger partial charge in [-0.05, 0) is 19.3 Å². The lowest BCUT2D eigenvalue weighted by atomic mass is 10.2. The van der Waals surface area contributed by atoms with E-state index in [4.69, 9.17) is 4.74 Å². The predicted octanol–water partition coefficient (Wildman–Crippen LogP) is 3.90. The second-order valence-electron chi connectivity index (χ2n) is 4.99. The minimum absolute atomic E-state index is 0.236. The first kappa shape index (κ1) is 15.7. The highest BCUT2D eigenvalue weighted by Crippen LogP contribution is 2.37. The van der Waals surface area contributed by atoms with E-state index < -0.39 is 11.9 Å². The standard InChI is InChI=1S/C13H19F3N2OS/c1-3-4-9(19-2)12-18-11(13(14,15)16)10(20-12)7-17-8-5-6-8/h8-9,17H,3-7H2,1-2H3. The SMILES string of the molecule is CCCC(OC)c1nc(C(F)(F)F)c(CNC2CC2)s1. The molecule has 1 saturated carbocycles. The fourth-order valence-electron chi connectivity index (χ4n) is 1.98. The molecule has 0 bridgehead atoms. The van der Waals surface area contributed by atoms with Gasteiger partial charge in [0.15, 0.2) is 5.69 Å². The van der Waals surface area contributed by atoms with Crippen molar-refractivity contribution in [1.29, 1.82) is 0 Å². The fourth-order valence-corrected chi connectivity index (χ4v) is 3.13. The summed E-state index contributed by atoms with van der Waals surface area (Å²) in [5, 5.41) is 3.54. The number of ether oxygens (including phenoxy) is 1. The highest BCUT2D eigenvalue weighted by Gasteiger charge is 2.38. The Balaban J connectivity index is 2.20. The van der Waals surface area contributed by atoms with Crippen molar-refractivity contribution in [3.63, 3.8) is 0 Å². The van der Waals surface area contributed by atoms with Gasteiger partial charge in [0.1, 0.15) is 11.1 Å². The van der Waals surface area contributed by atoms with Crippen LogP contribution >= 0.6 is 11.3 Å². The number of thiazole rings is 1. The maximum atomic E-state index is 13.0. The Kier molecular flexibility index (Phi) is 5.04. The van der Waals surface area contributed by atoms with Crippen molar-refractivity contribution in [2.45, 2.75) is 57.5 Å². The summed E-state index contributed by atoms with van der Waals surface area (Å²) in [5.74, 6) is 0. The van der Waals surface area contributed by atoms with Crippen molar-refractivity contribution in [2.75, 3.05) is 7.11 Å². The van der Waals surface area contributed by atoms with E-state index in [9.17, 15) is 13.2 Å². The largest absolute Gasteiger partial charge is 0.434 e. The lowest BCUT2D eigenvalue weighted by Gasteiger charge is -2.10. The number of alkyl halides is 3. The van der Waals surface area contributed by atoms with E-state index in [1.54, 1.807) is 0 Å². The molecule has 0 aromatic carbocycles. The molecule has 1 aliphatic rings. The lowest BCUT2D eigenvalue weighted by molar-refractivity contribution is -0.141. The third-order valence-electron chi connectivity index (χ3n) is 3.22. The van der Waals surface area contributed by atoms with Crippen molar-refractivity contribution >= 4 is 11.3 Å². The second-order valence-corrected chi connectivity index (χ2v) is 6.11. The molecular weight excluding hydrogens is 289 g/mol. The third kappa shape index (κ3) is 3.93. The van der Waals surface area contributed by atoms with E-state index >= 15 is 0 Å². The van der Waals surface area contributed by atoms with Gasteiger partial charge in [0.2, 0.25) is 0 Å². The number of methoxy groups -OCH3 is 1. The number of halogens is 3. The molecule has 1 heterocycles. The normalized spacial score (nSPS) is 17.4. The molecule has 1 N–H and O–H groups in total. The van der Waals surface area contributed by atoms with Crippen molar-refractivity contribution in [3.05, 3.63) is 15.6 Å². The number of nitrogens with one attached hydrogen (secondary N) is 1. The average Bonchev–Trinajstić information content (AvgIpc) is 3.10. The highest BCUT2D eigenvalue weighted by molar-refractivity contribution is 7.11. The summed E-state index contributed by atoms with van der Waals surface area (Å²) in [6, 6.07) is 0.371. The Morgan fingerprint density at radius 1 is 1.45 bits per heavy atom. The van der Waals surface area contributed by atoms with Gasteiger partial charge in [0, 0.05) is 19.7 Å². The van der Waals surface area contributed by atoms with Crippen molar-refractivity contribution in [3.8, 4) is 0 Å². The molecule has 1 atom stereocenters. The zero-order valence-electron chi connectivity index (χ0n) is 11.6. The van der Waals surface area contributed by atoms with E-state index in [-0.39, 0.29) is 17.5 Å². The smallest absolute Gasteiger partial charge is 0.374 e. The van der Waals surface area contributed by atoms with Crippen molar-refractivity contribution < 1.29 is 17.9 Å². The number of hydrogen-bond donors (Lipinski definition) is 1. The zero-order chi connectivity index (χ0) is 14.8. The topological polar surface area (TPSA) is 34.1 Å². The number of rotatable bonds is 7. The first-order valence-corrected chi connectivity index (χ1v) is 7.60. The van der Waals surface area contributed by atoms with Gasteiger partial charge in [-0.25, -0.2) is 4.98 Å². The van der Waals surface area contributed by atoms with E-state index in [2.05, 4.69) is 10.3 Å². The van der Waals surface area contributed by atoms with Crippen LogP contribution in [0.4, 0.5) is 13.2 Å². The van der Waals surface area contributed by atoms with Gasteiger partial charge in [-0.3, -0.25) is 0 Å². The predicted molar refractivity (Wildman–Crippen MR) is 71.6 cm³/mol. The van der Waals surface area contributed by atoms with Crippen LogP contribution in [0.3, 0.4) is 0 Å². The van der Waals surface area contributed by atoms with Gasteiger partial charge in [-0.15, -0.1) is 11.3 Å². The van der Waals surface area contributed by atoms with Gasteiger partial charge in [0.25, 0.3) is 0 Å². The fraction of sp³-hybridized carbons (Fsp3) is 0.769. The van der Waals surface area contributed by atoms with E-state index in [0.717, 1.165) is 30.6 Å². The molecule has 0 spiro atoms. The molecule has 1 aromatic rings. The Morgan fingerprint density at radius 2 is 2.15 bits per heavy atom. The summed E-state index contributed by atoms with van der Waals surface area (Å²) in [7, 11) is 1.51. The van der Waals surface area contributed by atoms with Crippen LogP contribution in [-0.4, -0.2) is 18.1 Å². The maximum absolute atomic E-state index is 13.0. The Hall–Kier alpha value is -0.660. The second kappa shape index (κ2) is 6.41. The summed E-state index contributed by atoms with van der Waals surface area (Å²) >= 11 is 1.11. The van der Waals surface area contributed by atoms with Crippen LogP contribution in [0.2, 0.25) is 0 Å². The van der Waals surface area contributed by atoms with Crippen LogP contribution in [0, 0.1) is 0 Å². The van der Waals surface area contributed by atoms with Crippen LogP contribution < -0.4 is 5.32 Å². The monoisotopic (exact) mass is 308 g/mol. The maximum Gasteiger partial charge on any atom is 0.434 e. The summed E-state index contributed by atoms with van der Waals surface area (Å²) < 4.78 is 44.3. The van der Waals surface area contributed by atoms with Crippen LogP contribution in [0.25, 0.3) is 0 Å². The molecule has 0 amide bonds. The number of aromatic nitrogens is 1. The molecule has 114 valence electrons. The summed E-state index contributed by atoms with van der Waals surface area (Å²) in [5.41, 5.74) is -0.760. The summed E-state index contributed by atoms with van der Waals surface area (Å²) in [4.78, 5) is 4.06. The zero-order valence-corrected chi connectivity index (χ0v) is 12.4. The lowest BCUT2D eigenvalue weighted by Crippen LogP contribution is -2.18. The van der Waals surface area contributed by atoms with Crippen molar-refractivity contribution in [1.82, 2.24) is 10.3 Å². The van der Waals surface area contributed by atoms with E-state index in [1.807, 2.05) is 6.92 Å². The van der Waals surface area contributed by atoms with Crippen LogP contribution in [0.15, 0.2) is 0 Å². The molecule has 3 nitrogen and oxygen atoms in total. The van der Waals surface area contributed by atoms with Crippen molar-refractivity contribution in [2.24, 2.45) is 0 Å². The van der Waals surface area contributed by atoms with Gasteiger partial charge < -0.3 is 10.1 Å². The first-order valence-electron chi connectivity index (χ1n) is 6.78. The number of hydrogen-bond acceptors (Lipinski definition) is 4. The highest BCUT2D eigenvalue weighted by atomic mass is 32.1. The third-order valence-corrected chi connectivity index (χ3v) is 4.37. The van der Waals surface area contributed by atoms with E-state index in [0.29, 0.717) is 17.5 Å². The van der Waals surface area contributed by atoms with Crippen LogP contribution in [0.5, 0.6) is 0 Å². The number of nitrogens with zero attached hydrogens (tertiary/aromatic N) is 1. The molecule has 2 rings (SSSR count). The summed E-state index contributed by atoms with van der Waals surface area (Å²) in [6.07, 6.45) is -1.14. The molecule has 1 unspecified atom stereocenters. The molecular formula is C13H19F3N2OS. The summed E-state index contributed by atoms with van der Waals surface area (Å²) in [6.45, 7) is 2.21. The van der Waals surface area contributed by atoms with E-state index in [1.165, 1.54) is 7.11 Å². The molecule has 1 aliphatic carbocycles. The molecule has 0 radical (unpaired) electrons. The Bertz CT molecular complexity index is 443. The van der Waals surface area contributed by atoms with Crippen LogP contribution in [-0.2, 0) is 17.5 Å². The first-order chi connectivity index (χ1) is 9.45. The molecule has 1 aromatic heterocycles. The quantitative estimate of drug-likeness (QED) is 0.829. The molecule has 0 saturated heterocycles.